The van der Waals surface area contributed by atoms with Gasteiger partial charge in [0.15, 0.2) is 5.96 Å². The average molecular weight is 381 g/mol. The summed E-state index contributed by atoms with van der Waals surface area (Å²) >= 11 is 1.40. The lowest BCUT2D eigenvalue weighted by Gasteiger charge is -2.31. The quantitative estimate of drug-likeness (QED) is 0.484. The summed E-state index contributed by atoms with van der Waals surface area (Å²) in [5.74, 6) is 1.37. The van der Waals surface area contributed by atoms with E-state index >= 15 is 0 Å². The van der Waals surface area contributed by atoms with Gasteiger partial charge in [-0.25, -0.2) is 4.99 Å². The highest BCUT2D eigenvalue weighted by molar-refractivity contribution is 14.0. The highest BCUT2D eigenvalue weighted by Gasteiger charge is 2.17. The van der Waals surface area contributed by atoms with Crippen LogP contribution in [0.2, 0.25) is 0 Å². The number of halogens is 1. The summed E-state index contributed by atoms with van der Waals surface area (Å²) in [6.45, 7) is 6.86. The van der Waals surface area contributed by atoms with Crippen LogP contribution >= 0.6 is 35.5 Å². The van der Waals surface area contributed by atoms with Gasteiger partial charge in [-0.1, -0.05) is 11.4 Å². The SMILES string of the molecule is Cc1nnsc1CN=C(N)N1CCCC(C)C1.I. The zero-order valence-corrected chi connectivity index (χ0v) is 13.9. The van der Waals surface area contributed by atoms with Gasteiger partial charge in [0, 0.05) is 13.1 Å². The molecule has 2 N–H and O–H groups in total. The van der Waals surface area contributed by atoms with Crippen LogP contribution in [0.4, 0.5) is 0 Å². The van der Waals surface area contributed by atoms with Crippen LogP contribution in [0.3, 0.4) is 0 Å². The monoisotopic (exact) mass is 381 g/mol. The molecule has 0 amide bonds. The first kappa shape index (κ1) is 15.6. The van der Waals surface area contributed by atoms with Crippen molar-refractivity contribution >= 4 is 41.5 Å². The van der Waals surface area contributed by atoms with Crippen molar-refractivity contribution in [1.82, 2.24) is 14.5 Å². The molecule has 1 aromatic rings. The van der Waals surface area contributed by atoms with E-state index in [9.17, 15) is 0 Å². The number of rotatable bonds is 2. The molecule has 1 aliphatic rings. The molecule has 102 valence electrons. The Morgan fingerprint density at radius 1 is 1.61 bits per heavy atom. The molecule has 2 heterocycles. The number of guanidine groups is 1. The summed E-state index contributed by atoms with van der Waals surface area (Å²) in [6, 6.07) is 0. The minimum absolute atomic E-state index is 0. The molecular formula is C11H20IN5S. The lowest BCUT2D eigenvalue weighted by molar-refractivity contribution is 0.270. The minimum atomic E-state index is 0. The van der Waals surface area contributed by atoms with E-state index in [4.69, 9.17) is 5.73 Å². The zero-order valence-electron chi connectivity index (χ0n) is 10.8. The molecule has 0 aromatic carbocycles. The van der Waals surface area contributed by atoms with E-state index in [0.29, 0.717) is 18.4 Å². The third kappa shape index (κ3) is 4.04. The lowest BCUT2D eigenvalue weighted by atomic mass is 10.0. The summed E-state index contributed by atoms with van der Waals surface area (Å²) in [5, 5.41) is 3.96. The van der Waals surface area contributed by atoms with E-state index in [1.807, 2.05) is 6.92 Å². The molecule has 1 saturated heterocycles. The van der Waals surface area contributed by atoms with Gasteiger partial charge in [-0.3, -0.25) is 0 Å². The molecule has 0 aliphatic carbocycles. The largest absolute Gasteiger partial charge is 0.370 e. The Bertz CT molecular complexity index is 406. The van der Waals surface area contributed by atoms with E-state index in [2.05, 4.69) is 26.4 Å². The fourth-order valence-electron chi connectivity index (χ4n) is 2.05. The van der Waals surface area contributed by atoms with Crippen LogP contribution in [0.25, 0.3) is 0 Å². The third-order valence-electron chi connectivity index (χ3n) is 3.11. The van der Waals surface area contributed by atoms with E-state index in [0.717, 1.165) is 23.7 Å². The Balaban J connectivity index is 0.00000162. The Labute approximate surface area is 129 Å². The van der Waals surface area contributed by atoms with Gasteiger partial charge in [0.1, 0.15) is 0 Å². The summed E-state index contributed by atoms with van der Waals surface area (Å²) < 4.78 is 3.89. The number of nitrogens with zero attached hydrogens (tertiary/aromatic N) is 4. The van der Waals surface area contributed by atoms with Crippen molar-refractivity contribution in [2.24, 2.45) is 16.6 Å². The maximum absolute atomic E-state index is 6.02. The second-order valence-electron chi connectivity index (χ2n) is 4.65. The number of piperidine rings is 1. The lowest BCUT2D eigenvalue weighted by Crippen LogP contribution is -2.43. The summed E-state index contributed by atoms with van der Waals surface area (Å²) in [5.41, 5.74) is 6.97. The van der Waals surface area contributed by atoms with Gasteiger partial charge in [0.2, 0.25) is 0 Å². The molecule has 1 unspecified atom stereocenters. The van der Waals surface area contributed by atoms with Crippen LogP contribution in [0.5, 0.6) is 0 Å². The number of nitrogens with two attached hydrogens (primary N) is 1. The molecule has 18 heavy (non-hydrogen) atoms. The summed E-state index contributed by atoms with van der Waals surface area (Å²) in [7, 11) is 0. The average Bonchev–Trinajstić information content (AvgIpc) is 2.72. The second kappa shape index (κ2) is 7.22. The van der Waals surface area contributed by atoms with Crippen LogP contribution < -0.4 is 5.73 Å². The molecule has 2 rings (SSSR count). The Morgan fingerprint density at radius 3 is 3.00 bits per heavy atom. The number of likely N-dealkylation sites (tertiary alicyclic amines) is 1. The van der Waals surface area contributed by atoms with Gasteiger partial charge in [0.25, 0.3) is 0 Å². The Kier molecular flexibility index (Phi) is 6.27. The molecule has 0 spiro atoms. The van der Waals surface area contributed by atoms with Crippen molar-refractivity contribution in [3.63, 3.8) is 0 Å². The van der Waals surface area contributed by atoms with Gasteiger partial charge in [-0.05, 0) is 37.2 Å². The van der Waals surface area contributed by atoms with Gasteiger partial charge in [-0.15, -0.1) is 29.1 Å². The number of aliphatic imine (C=N–C) groups is 1. The predicted molar refractivity (Wildman–Crippen MR) is 85.4 cm³/mol. The van der Waals surface area contributed by atoms with E-state index in [-0.39, 0.29) is 24.0 Å². The van der Waals surface area contributed by atoms with Gasteiger partial charge < -0.3 is 10.6 Å². The van der Waals surface area contributed by atoms with Crippen molar-refractivity contribution in [2.45, 2.75) is 33.2 Å². The molecule has 5 nitrogen and oxygen atoms in total. The fourth-order valence-corrected chi connectivity index (χ4v) is 2.60. The third-order valence-corrected chi connectivity index (χ3v) is 3.92. The summed E-state index contributed by atoms with van der Waals surface area (Å²) in [6.07, 6.45) is 2.50. The number of hydrogen-bond acceptors (Lipinski definition) is 4. The second-order valence-corrected chi connectivity index (χ2v) is 5.49. The number of aromatic nitrogens is 2. The number of aryl methyl sites for hydroxylation is 1. The molecule has 0 bridgehead atoms. The van der Waals surface area contributed by atoms with Crippen LogP contribution in [-0.4, -0.2) is 33.5 Å². The van der Waals surface area contributed by atoms with Gasteiger partial charge in [0.05, 0.1) is 17.1 Å². The predicted octanol–water partition coefficient (Wildman–Crippen LogP) is 2.01. The Morgan fingerprint density at radius 2 is 2.39 bits per heavy atom. The molecular weight excluding hydrogens is 361 g/mol. The fraction of sp³-hybridized carbons (Fsp3) is 0.727. The van der Waals surface area contributed by atoms with Crippen LogP contribution in [0.15, 0.2) is 4.99 Å². The summed E-state index contributed by atoms with van der Waals surface area (Å²) in [4.78, 5) is 7.71. The minimum Gasteiger partial charge on any atom is -0.370 e. The normalized spacial score (nSPS) is 20.7. The smallest absolute Gasteiger partial charge is 0.191 e. The molecule has 1 fully saturated rings. The van der Waals surface area contributed by atoms with Gasteiger partial charge in [-0.2, -0.15) is 0 Å². The maximum atomic E-state index is 6.02. The van der Waals surface area contributed by atoms with Crippen LogP contribution in [0, 0.1) is 12.8 Å². The highest BCUT2D eigenvalue weighted by Crippen LogP contribution is 2.15. The van der Waals surface area contributed by atoms with Crippen molar-refractivity contribution in [3.8, 4) is 0 Å². The van der Waals surface area contributed by atoms with E-state index in [1.165, 1.54) is 24.4 Å². The topological polar surface area (TPSA) is 67.4 Å². The first-order valence-electron chi connectivity index (χ1n) is 5.99. The maximum Gasteiger partial charge on any atom is 0.191 e. The molecule has 7 heteroatoms. The number of hydrogen-bond donors (Lipinski definition) is 1. The highest BCUT2D eigenvalue weighted by atomic mass is 127. The zero-order chi connectivity index (χ0) is 12.3. The van der Waals surface area contributed by atoms with E-state index < -0.39 is 0 Å². The molecule has 0 saturated carbocycles. The van der Waals surface area contributed by atoms with Crippen molar-refractivity contribution < 1.29 is 0 Å². The van der Waals surface area contributed by atoms with Gasteiger partial charge >= 0.3 is 0 Å². The molecule has 1 aliphatic heterocycles. The van der Waals surface area contributed by atoms with Crippen molar-refractivity contribution in [3.05, 3.63) is 10.6 Å². The van der Waals surface area contributed by atoms with Crippen LogP contribution in [0.1, 0.15) is 30.3 Å². The van der Waals surface area contributed by atoms with E-state index in [1.54, 1.807) is 0 Å². The van der Waals surface area contributed by atoms with Crippen molar-refractivity contribution in [2.75, 3.05) is 13.1 Å². The molecule has 1 atom stereocenters. The molecule has 0 radical (unpaired) electrons. The first-order valence-corrected chi connectivity index (χ1v) is 6.77. The standard InChI is InChI=1S/C11H19N5S.HI/c1-8-4-3-5-16(7-8)11(12)13-6-10-9(2)14-15-17-10;/h8H,3-7H2,1-2H3,(H2,12,13);1H. The first-order chi connectivity index (χ1) is 8.16. The van der Waals surface area contributed by atoms with Crippen LogP contribution in [-0.2, 0) is 6.54 Å². The Hall–Kier alpha value is -0.440. The molecule has 1 aromatic heterocycles. The van der Waals surface area contributed by atoms with Crippen molar-refractivity contribution in [1.29, 1.82) is 0 Å².